The van der Waals surface area contributed by atoms with Gasteiger partial charge in [0.15, 0.2) is 0 Å². The smallest absolute Gasteiger partial charge is 0.421 e. The zero-order valence-corrected chi connectivity index (χ0v) is 15.3. The van der Waals surface area contributed by atoms with Crippen LogP contribution in [0.3, 0.4) is 0 Å². The van der Waals surface area contributed by atoms with Crippen LogP contribution < -0.4 is 9.47 Å². The number of methoxy groups -OCH3 is 1. The van der Waals surface area contributed by atoms with Crippen LogP contribution in [0.15, 0.2) is 36.7 Å². The van der Waals surface area contributed by atoms with Crippen LogP contribution in [0.25, 0.3) is 0 Å². The molecular weight excluding hydrogens is 375 g/mol. The molecule has 0 aliphatic carbocycles. The third kappa shape index (κ3) is 4.52. The Morgan fingerprint density at radius 2 is 1.93 bits per heavy atom. The van der Waals surface area contributed by atoms with Crippen molar-refractivity contribution in [1.29, 1.82) is 0 Å². The Kier molecular flexibility index (Phi) is 6.01. The number of hydrogen-bond donors (Lipinski definition) is 0. The SMILES string of the molecule is COc1ncccc1C(=O)N1CCCC(COc2ncccc2C(F)(F)F)C1. The van der Waals surface area contributed by atoms with Crippen molar-refractivity contribution in [1.82, 2.24) is 14.9 Å². The molecule has 150 valence electrons. The minimum atomic E-state index is -4.53. The zero-order chi connectivity index (χ0) is 20.1. The number of carbonyl (C=O) groups excluding carboxylic acids is 1. The second kappa shape index (κ2) is 8.45. The minimum absolute atomic E-state index is 0.0497. The van der Waals surface area contributed by atoms with Gasteiger partial charge < -0.3 is 14.4 Å². The summed E-state index contributed by atoms with van der Waals surface area (Å²) in [7, 11) is 1.44. The Labute approximate surface area is 160 Å². The van der Waals surface area contributed by atoms with Gasteiger partial charge in [-0.2, -0.15) is 13.2 Å². The molecule has 28 heavy (non-hydrogen) atoms. The van der Waals surface area contributed by atoms with E-state index in [1.54, 1.807) is 17.0 Å². The maximum absolute atomic E-state index is 13.1. The quantitative estimate of drug-likeness (QED) is 0.776. The van der Waals surface area contributed by atoms with E-state index in [-0.39, 0.29) is 24.3 Å². The van der Waals surface area contributed by atoms with Gasteiger partial charge in [0, 0.05) is 31.4 Å². The summed E-state index contributed by atoms with van der Waals surface area (Å²) < 4.78 is 49.7. The molecule has 2 aromatic heterocycles. The van der Waals surface area contributed by atoms with Crippen LogP contribution in [0.5, 0.6) is 11.8 Å². The molecule has 0 aromatic carbocycles. The number of alkyl halides is 3. The van der Waals surface area contributed by atoms with Gasteiger partial charge in [-0.1, -0.05) is 0 Å². The van der Waals surface area contributed by atoms with Crippen molar-refractivity contribution in [2.24, 2.45) is 5.92 Å². The first-order valence-corrected chi connectivity index (χ1v) is 8.83. The second-order valence-electron chi connectivity index (χ2n) is 6.48. The normalized spacial score (nSPS) is 17.3. The van der Waals surface area contributed by atoms with Crippen molar-refractivity contribution in [2.75, 3.05) is 26.8 Å². The average molecular weight is 395 g/mol. The number of carbonyl (C=O) groups is 1. The average Bonchev–Trinajstić information content (AvgIpc) is 2.71. The monoisotopic (exact) mass is 395 g/mol. The van der Waals surface area contributed by atoms with Gasteiger partial charge in [0.2, 0.25) is 11.8 Å². The molecule has 1 amide bonds. The molecule has 3 rings (SSSR count). The standard InChI is InChI=1S/C19H20F3N3O3/c1-27-16-14(6-2-8-23-16)18(26)25-10-4-5-13(11-25)12-28-17-15(19(20,21)22)7-3-9-24-17/h2-3,6-9,13H,4-5,10-12H2,1H3. The van der Waals surface area contributed by atoms with E-state index >= 15 is 0 Å². The van der Waals surface area contributed by atoms with E-state index in [4.69, 9.17) is 9.47 Å². The predicted octanol–water partition coefficient (Wildman–Crippen LogP) is 3.44. The first kappa shape index (κ1) is 19.9. The summed E-state index contributed by atoms with van der Waals surface area (Å²) in [5, 5.41) is 0. The predicted molar refractivity (Wildman–Crippen MR) is 94.2 cm³/mol. The molecule has 0 spiro atoms. The van der Waals surface area contributed by atoms with Crippen molar-refractivity contribution in [2.45, 2.75) is 19.0 Å². The molecule has 9 heteroatoms. The van der Waals surface area contributed by atoms with Gasteiger partial charge in [0.05, 0.1) is 13.7 Å². The van der Waals surface area contributed by atoms with Crippen LogP contribution in [0.4, 0.5) is 13.2 Å². The van der Waals surface area contributed by atoms with Crippen LogP contribution in [-0.4, -0.2) is 47.6 Å². The van der Waals surface area contributed by atoms with Crippen molar-refractivity contribution in [3.63, 3.8) is 0 Å². The number of piperidine rings is 1. The fourth-order valence-electron chi connectivity index (χ4n) is 3.19. The van der Waals surface area contributed by atoms with Crippen LogP contribution in [0.1, 0.15) is 28.8 Å². The summed E-state index contributed by atoms with van der Waals surface area (Å²) in [5.74, 6) is -0.506. The summed E-state index contributed by atoms with van der Waals surface area (Å²) in [4.78, 5) is 22.2. The third-order valence-corrected chi connectivity index (χ3v) is 4.53. The van der Waals surface area contributed by atoms with E-state index in [0.29, 0.717) is 18.7 Å². The largest absolute Gasteiger partial charge is 0.480 e. The van der Waals surface area contributed by atoms with Gasteiger partial charge in [-0.3, -0.25) is 4.79 Å². The number of halogens is 3. The molecule has 2 aromatic rings. The Bertz CT molecular complexity index is 829. The summed E-state index contributed by atoms with van der Waals surface area (Å²) >= 11 is 0. The number of ether oxygens (including phenoxy) is 2. The molecule has 1 saturated heterocycles. The number of aromatic nitrogens is 2. The highest BCUT2D eigenvalue weighted by Gasteiger charge is 2.35. The molecular formula is C19H20F3N3O3. The van der Waals surface area contributed by atoms with Crippen molar-refractivity contribution < 1.29 is 27.4 Å². The van der Waals surface area contributed by atoms with Gasteiger partial charge in [-0.05, 0) is 37.1 Å². The number of hydrogen-bond acceptors (Lipinski definition) is 5. The van der Waals surface area contributed by atoms with Gasteiger partial charge in [0.25, 0.3) is 5.91 Å². The van der Waals surface area contributed by atoms with E-state index < -0.39 is 17.6 Å². The van der Waals surface area contributed by atoms with Gasteiger partial charge in [-0.25, -0.2) is 9.97 Å². The van der Waals surface area contributed by atoms with Gasteiger partial charge in [0.1, 0.15) is 11.1 Å². The van der Waals surface area contributed by atoms with E-state index in [9.17, 15) is 18.0 Å². The van der Waals surface area contributed by atoms with E-state index in [0.717, 1.165) is 18.9 Å². The number of rotatable bonds is 5. The lowest BCUT2D eigenvalue weighted by Crippen LogP contribution is -2.41. The van der Waals surface area contributed by atoms with Gasteiger partial charge in [-0.15, -0.1) is 0 Å². The Balaban J connectivity index is 1.66. The van der Waals surface area contributed by atoms with Crippen molar-refractivity contribution in [3.8, 4) is 11.8 Å². The molecule has 3 heterocycles. The lowest BCUT2D eigenvalue weighted by atomic mass is 9.98. The number of pyridine rings is 2. The van der Waals surface area contributed by atoms with Crippen LogP contribution in [0, 0.1) is 5.92 Å². The number of amides is 1. The highest BCUT2D eigenvalue weighted by Crippen LogP contribution is 2.35. The maximum Gasteiger partial charge on any atom is 0.421 e. The summed E-state index contributed by atoms with van der Waals surface area (Å²) in [5.41, 5.74) is -0.547. The molecule has 6 nitrogen and oxygen atoms in total. The lowest BCUT2D eigenvalue weighted by molar-refractivity contribution is -0.139. The molecule has 0 bridgehead atoms. The molecule has 0 N–H and O–H groups in total. The Morgan fingerprint density at radius 1 is 1.21 bits per heavy atom. The Hall–Kier alpha value is -2.84. The van der Waals surface area contributed by atoms with Crippen molar-refractivity contribution in [3.05, 3.63) is 47.8 Å². The topological polar surface area (TPSA) is 64.5 Å². The van der Waals surface area contributed by atoms with E-state index in [1.165, 1.54) is 25.6 Å². The first-order valence-electron chi connectivity index (χ1n) is 8.83. The molecule has 1 fully saturated rings. The highest BCUT2D eigenvalue weighted by molar-refractivity contribution is 5.96. The summed E-state index contributed by atoms with van der Waals surface area (Å²) in [6.07, 6.45) is -0.253. The third-order valence-electron chi connectivity index (χ3n) is 4.53. The molecule has 1 aliphatic heterocycles. The maximum atomic E-state index is 13.1. The van der Waals surface area contributed by atoms with E-state index in [1.807, 2.05) is 0 Å². The zero-order valence-electron chi connectivity index (χ0n) is 15.3. The second-order valence-corrected chi connectivity index (χ2v) is 6.48. The minimum Gasteiger partial charge on any atom is -0.480 e. The number of likely N-dealkylation sites (tertiary alicyclic amines) is 1. The molecule has 0 saturated carbocycles. The fourth-order valence-corrected chi connectivity index (χ4v) is 3.19. The number of nitrogens with zero attached hydrogens (tertiary/aromatic N) is 3. The molecule has 1 aliphatic rings. The summed E-state index contributed by atoms with van der Waals surface area (Å²) in [6.45, 7) is 0.990. The highest BCUT2D eigenvalue weighted by atomic mass is 19.4. The van der Waals surface area contributed by atoms with Crippen LogP contribution in [-0.2, 0) is 6.18 Å². The lowest BCUT2D eigenvalue weighted by Gasteiger charge is -2.32. The van der Waals surface area contributed by atoms with Crippen molar-refractivity contribution >= 4 is 5.91 Å². The first-order chi connectivity index (χ1) is 13.4. The fraction of sp³-hybridized carbons (Fsp3) is 0.421. The molecule has 0 radical (unpaired) electrons. The van der Waals surface area contributed by atoms with Gasteiger partial charge >= 0.3 is 6.18 Å². The Morgan fingerprint density at radius 3 is 2.64 bits per heavy atom. The van der Waals surface area contributed by atoms with Crippen LogP contribution in [0.2, 0.25) is 0 Å². The summed E-state index contributed by atoms with van der Waals surface area (Å²) in [6, 6.07) is 5.45. The van der Waals surface area contributed by atoms with E-state index in [2.05, 4.69) is 9.97 Å². The molecule has 1 atom stereocenters. The molecule has 1 unspecified atom stereocenters. The van der Waals surface area contributed by atoms with Crippen LogP contribution >= 0.6 is 0 Å².